The minimum Gasteiger partial charge on any atom is -0.378 e. The van der Waals surface area contributed by atoms with Crippen LogP contribution in [-0.4, -0.2) is 49.1 Å². The normalized spacial score (nSPS) is 18.0. The molecule has 0 aromatic heterocycles. The molecule has 3 amide bonds. The van der Waals surface area contributed by atoms with E-state index in [-0.39, 0.29) is 23.5 Å². The van der Waals surface area contributed by atoms with Gasteiger partial charge in [0.2, 0.25) is 5.91 Å². The summed E-state index contributed by atoms with van der Waals surface area (Å²) in [7, 11) is 3.90. The minimum atomic E-state index is -0.283. The fourth-order valence-electron chi connectivity index (χ4n) is 2.67. The SMILES string of the molecule is CN(C)c1cccc(NC(=O)NC2CC(=O)N(C(C)(C)C)C2)c1. The second-order valence-electron chi connectivity index (χ2n) is 7.12. The quantitative estimate of drug-likeness (QED) is 0.898. The molecule has 0 radical (unpaired) electrons. The molecule has 1 aliphatic heterocycles. The van der Waals surface area contributed by atoms with E-state index in [0.29, 0.717) is 13.0 Å². The summed E-state index contributed by atoms with van der Waals surface area (Å²) in [5, 5.41) is 5.71. The van der Waals surface area contributed by atoms with Crippen LogP contribution in [0.15, 0.2) is 24.3 Å². The standard InChI is InChI=1S/C17H26N4O2/c1-17(2,3)21-11-13(10-15(21)22)19-16(23)18-12-7-6-8-14(9-12)20(4)5/h6-9,13H,10-11H2,1-5H3,(H2,18,19,23). The van der Waals surface area contributed by atoms with Crippen molar-refractivity contribution in [1.29, 1.82) is 0 Å². The molecule has 0 spiro atoms. The molecule has 1 aromatic rings. The number of hydrogen-bond donors (Lipinski definition) is 2. The Bertz CT molecular complexity index is 593. The lowest BCUT2D eigenvalue weighted by Gasteiger charge is -2.32. The molecule has 126 valence electrons. The molecule has 2 rings (SSSR count). The summed E-state index contributed by atoms with van der Waals surface area (Å²) >= 11 is 0. The van der Waals surface area contributed by atoms with Gasteiger partial charge in [-0.3, -0.25) is 4.79 Å². The second kappa shape index (κ2) is 6.48. The maximum atomic E-state index is 12.1. The Balaban J connectivity index is 1.93. The molecule has 1 fully saturated rings. The second-order valence-corrected chi connectivity index (χ2v) is 7.12. The van der Waals surface area contributed by atoms with E-state index in [1.54, 1.807) is 0 Å². The Morgan fingerprint density at radius 3 is 2.57 bits per heavy atom. The van der Waals surface area contributed by atoms with Gasteiger partial charge in [0.15, 0.2) is 0 Å². The van der Waals surface area contributed by atoms with E-state index in [9.17, 15) is 9.59 Å². The summed E-state index contributed by atoms with van der Waals surface area (Å²) in [6.45, 7) is 6.55. The van der Waals surface area contributed by atoms with Crippen LogP contribution < -0.4 is 15.5 Å². The molecule has 2 N–H and O–H groups in total. The van der Waals surface area contributed by atoms with Gasteiger partial charge in [-0.15, -0.1) is 0 Å². The Morgan fingerprint density at radius 1 is 1.30 bits per heavy atom. The van der Waals surface area contributed by atoms with Crippen molar-refractivity contribution in [2.75, 3.05) is 30.9 Å². The molecule has 1 aliphatic rings. The molecule has 23 heavy (non-hydrogen) atoms. The molecule has 1 aromatic carbocycles. The van der Waals surface area contributed by atoms with Crippen LogP contribution in [0.2, 0.25) is 0 Å². The molecular formula is C17H26N4O2. The first-order valence-electron chi connectivity index (χ1n) is 7.82. The van der Waals surface area contributed by atoms with Crippen molar-refractivity contribution in [3.8, 4) is 0 Å². The molecular weight excluding hydrogens is 292 g/mol. The van der Waals surface area contributed by atoms with Gasteiger partial charge >= 0.3 is 6.03 Å². The summed E-state index contributed by atoms with van der Waals surface area (Å²) in [5.41, 5.74) is 1.52. The van der Waals surface area contributed by atoms with E-state index in [1.807, 2.05) is 68.9 Å². The number of nitrogens with zero attached hydrogens (tertiary/aromatic N) is 2. The molecule has 6 heteroatoms. The van der Waals surface area contributed by atoms with Gasteiger partial charge in [0, 0.05) is 44.0 Å². The van der Waals surface area contributed by atoms with Crippen LogP contribution in [0.4, 0.5) is 16.2 Å². The van der Waals surface area contributed by atoms with Crippen LogP contribution in [0, 0.1) is 0 Å². The summed E-state index contributed by atoms with van der Waals surface area (Å²) in [5.74, 6) is 0.0809. The van der Waals surface area contributed by atoms with Crippen molar-refractivity contribution in [3.05, 3.63) is 24.3 Å². The monoisotopic (exact) mass is 318 g/mol. The maximum absolute atomic E-state index is 12.1. The molecule has 1 unspecified atom stereocenters. The first-order valence-corrected chi connectivity index (χ1v) is 7.82. The van der Waals surface area contributed by atoms with E-state index >= 15 is 0 Å². The van der Waals surface area contributed by atoms with Gasteiger partial charge in [0.25, 0.3) is 0 Å². The number of hydrogen-bond acceptors (Lipinski definition) is 3. The van der Waals surface area contributed by atoms with Crippen LogP contribution in [0.3, 0.4) is 0 Å². The number of carbonyl (C=O) groups is 2. The highest BCUT2D eigenvalue weighted by molar-refractivity contribution is 5.91. The Labute approximate surface area is 137 Å². The van der Waals surface area contributed by atoms with Gasteiger partial charge in [0.1, 0.15) is 0 Å². The predicted octanol–water partition coefficient (Wildman–Crippen LogP) is 2.27. The van der Waals surface area contributed by atoms with Crippen LogP contribution in [0.25, 0.3) is 0 Å². The lowest BCUT2D eigenvalue weighted by atomic mass is 10.1. The van der Waals surface area contributed by atoms with E-state index in [1.165, 1.54) is 0 Å². The zero-order chi connectivity index (χ0) is 17.2. The number of carbonyl (C=O) groups excluding carboxylic acids is 2. The molecule has 0 bridgehead atoms. The van der Waals surface area contributed by atoms with E-state index in [4.69, 9.17) is 0 Å². The van der Waals surface area contributed by atoms with Crippen molar-refractivity contribution < 1.29 is 9.59 Å². The van der Waals surface area contributed by atoms with Gasteiger partial charge in [0.05, 0.1) is 6.04 Å². The van der Waals surface area contributed by atoms with E-state index in [2.05, 4.69) is 10.6 Å². The first-order chi connectivity index (χ1) is 10.7. The summed E-state index contributed by atoms with van der Waals surface area (Å²) < 4.78 is 0. The smallest absolute Gasteiger partial charge is 0.319 e. The van der Waals surface area contributed by atoms with Crippen LogP contribution in [0.1, 0.15) is 27.2 Å². The summed E-state index contributed by atoms with van der Waals surface area (Å²) in [4.78, 5) is 28.0. The highest BCUT2D eigenvalue weighted by Gasteiger charge is 2.36. The topological polar surface area (TPSA) is 64.7 Å². The average Bonchev–Trinajstić information content (AvgIpc) is 2.79. The van der Waals surface area contributed by atoms with Gasteiger partial charge in [-0.2, -0.15) is 0 Å². The van der Waals surface area contributed by atoms with E-state index < -0.39 is 0 Å². The number of rotatable bonds is 3. The molecule has 0 saturated carbocycles. The van der Waals surface area contributed by atoms with Crippen molar-refractivity contribution in [3.63, 3.8) is 0 Å². The fourth-order valence-corrected chi connectivity index (χ4v) is 2.67. The Hall–Kier alpha value is -2.24. The fraction of sp³-hybridized carbons (Fsp3) is 0.529. The third-order valence-electron chi connectivity index (χ3n) is 3.89. The van der Waals surface area contributed by atoms with Crippen LogP contribution in [-0.2, 0) is 4.79 Å². The Morgan fingerprint density at radius 2 is 2.00 bits per heavy atom. The number of benzene rings is 1. The van der Waals surface area contributed by atoms with Gasteiger partial charge in [-0.1, -0.05) is 6.07 Å². The zero-order valence-corrected chi connectivity index (χ0v) is 14.5. The lowest BCUT2D eigenvalue weighted by Crippen LogP contribution is -2.45. The van der Waals surface area contributed by atoms with Crippen LogP contribution >= 0.6 is 0 Å². The molecule has 1 saturated heterocycles. The van der Waals surface area contributed by atoms with Gasteiger partial charge in [-0.25, -0.2) is 4.79 Å². The number of urea groups is 1. The zero-order valence-electron chi connectivity index (χ0n) is 14.5. The highest BCUT2D eigenvalue weighted by atomic mass is 16.2. The van der Waals surface area contributed by atoms with Gasteiger partial charge in [-0.05, 0) is 39.0 Å². The van der Waals surface area contributed by atoms with Crippen molar-refractivity contribution >= 4 is 23.3 Å². The van der Waals surface area contributed by atoms with Gasteiger partial charge < -0.3 is 20.4 Å². The third-order valence-corrected chi connectivity index (χ3v) is 3.89. The number of amides is 3. The lowest BCUT2D eigenvalue weighted by molar-refractivity contribution is -0.131. The largest absolute Gasteiger partial charge is 0.378 e. The Kier molecular flexibility index (Phi) is 4.82. The first kappa shape index (κ1) is 17.1. The van der Waals surface area contributed by atoms with Crippen molar-refractivity contribution in [1.82, 2.24) is 10.2 Å². The average molecular weight is 318 g/mol. The van der Waals surface area contributed by atoms with E-state index in [0.717, 1.165) is 11.4 Å². The predicted molar refractivity (Wildman–Crippen MR) is 92.8 cm³/mol. The summed E-state index contributed by atoms with van der Waals surface area (Å²) in [6.07, 6.45) is 0.350. The number of likely N-dealkylation sites (tertiary alicyclic amines) is 1. The molecule has 1 heterocycles. The van der Waals surface area contributed by atoms with Crippen LogP contribution in [0.5, 0.6) is 0 Å². The van der Waals surface area contributed by atoms with Crippen molar-refractivity contribution in [2.24, 2.45) is 0 Å². The third kappa shape index (κ3) is 4.37. The number of anilines is 2. The molecule has 0 aliphatic carbocycles. The molecule has 1 atom stereocenters. The van der Waals surface area contributed by atoms with Crippen molar-refractivity contribution in [2.45, 2.75) is 38.8 Å². The minimum absolute atomic E-state index is 0.0809. The maximum Gasteiger partial charge on any atom is 0.319 e. The number of nitrogens with one attached hydrogen (secondary N) is 2. The molecule has 6 nitrogen and oxygen atoms in total. The summed E-state index contributed by atoms with van der Waals surface area (Å²) in [6, 6.07) is 7.17. The highest BCUT2D eigenvalue weighted by Crippen LogP contribution is 2.22.